The molecule has 5 nitrogen and oxygen atoms in total. The van der Waals surface area contributed by atoms with Gasteiger partial charge in [0.15, 0.2) is 0 Å². The summed E-state index contributed by atoms with van der Waals surface area (Å²) in [4.78, 5) is 5.22. The molecule has 0 saturated carbocycles. The van der Waals surface area contributed by atoms with Gasteiger partial charge in [0.05, 0.1) is 11.4 Å². The molecule has 154 valence electrons. The van der Waals surface area contributed by atoms with Gasteiger partial charge in [0.1, 0.15) is 0 Å². The normalized spacial score (nSPS) is 26.3. The van der Waals surface area contributed by atoms with Crippen molar-refractivity contribution in [1.82, 2.24) is 26.3 Å². The number of hydrogen-bond acceptors (Lipinski definition) is 5. The summed E-state index contributed by atoms with van der Waals surface area (Å²) in [7, 11) is 9.53. The number of halogens is 2. The van der Waals surface area contributed by atoms with Crippen LogP contribution in [0.5, 0.6) is 0 Å². The first-order valence-corrected chi connectivity index (χ1v) is 13.1. The molecule has 0 fully saturated rings. The SMILES string of the molecule is [Cl][Fe][Cl].c1c2c3nc4c1CCCC4NCCNCCNCCNC3CCC2. The van der Waals surface area contributed by atoms with Gasteiger partial charge in [0.25, 0.3) is 0 Å². The summed E-state index contributed by atoms with van der Waals surface area (Å²) >= 11 is 0.194. The first kappa shape index (κ1) is 21.8. The first-order valence-electron chi connectivity index (χ1n) is 10.1. The summed E-state index contributed by atoms with van der Waals surface area (Å²) in [6, 6.07) is 3.35. The summed E-state index contributed by atoms with van der Waals surface area (Å²) in [5.41, 5.74) is 5.66. The van der Waals surface area contributed by atoms with Crippen molar-refractivity contribution in [3.05, 3.63) is 28.6 Å². The molecule has 27 heavy (non-hydrogen) atoms. The Kier molecular flexibility index (Phi) is 9.63. The van der Waals surface area contributed by atoms with Crippen LogP contribution in [0.1, 0.15) is 60.3 Å². The molecule has 0 saturated heterocycles. The topological polar surface area (TPSA) is 61.0 Å². The predicted molar refractivity (Wildman–Crippen MR) is 109 cm³/mol. The first-order chi connectivity index (χ1) is 13.3. The molecule has 2 bridgehead atoms. The molecular formula is C19H31Cl2FeN5. The number of pyridine rings is 1. The molecule has 0 radical (unpaired) electrons. The summed E-state index contributed by atoms with van der Waals surface area (Å²) in [5, 5.41) is 14.5. The zero-order valence-electron chi connectivity index (χ0n) is 15.8. The Hall–Kier alpha value is 0.0895. The van der Waals surface area contributed by atoms with E-state index in [0.717, 1.165) is 39.3 Å². The Morgan fingerprint density at radius 1 is 0.778 bits per heavy atom. The average Bonchev–Trinajstić information content (AvgIpc) is 2.69. The minimum absolute atomic E-state index is 0.194. The Morgan fingerprint density at radius 2 is 1.22 bits per heavy atom. The van der Waals surface area contributed by atoms with E-state index < -0.39 is 0 Å². The monoisotopic (exact) mass is 455 g/mol. The molecular weight excluding hydrogens is 425 g/mol. The Labute approximate surface area is 177 Å². The summed E-state index contributed by atoms with van der Waals surface area (Å²) < 4.78 is 0. The summed E-state index contributed by atoms with van der Waals surface area (Å²) in [6.45, 7) is 6.17. The van der Waals surface area contributed by atoms with Crippen LogP contribution >= 0.6 is 20.2 Å². The molecule has 2 aliphatic carbocycles. The molecule has 0 spiro atoms. The van der Waals surface area contributed by atoms with Crippen LogP contribution in [0.15, 0.2) is 6.07 Å². The van der Waals surface area contributed by atoms with E-state index in [1.807, 2.05) is 0 Å². The molecule has 2 heterocycles. The zero-order chi connectivity index (χ0) is 18.9. The van der Waals surface area contributed by atoms with E-state index in [1.165, 1.54) is 61.0 Å². The molecule has 0 amide bonds. The molecule has 1 aromatic heterocycles. The zero-order valence-corrected chi connectivity index (χ0v) is 18.4. The average molecular weight is 456 g/mol. The number of aromatic nitrogens is 1. The molecule has 1 aliphatic heterocycles. The third-order valence-corrected chi connectivity index (χ3v) is 5.65. The van der Waals surface area contributed by atoms with Gasteiger partial charge in [-0.15, -0.1) is 0 Å². The molecule has 4 N–H and O–H groups in total. The Bertz CT molecular complexity index is 544. The number of hydrogen-bond donors (Lipinski definition) is 4. The van der Waals surface area contributed by atoms with Crippen LogP contribution in [0.2, 0.25) is 0 Å². The van der Waals surface area contributed by atoms with E-state index in [-0.39, 0.29) is 13.1 Å². The summed E-state index contributed by atoms with van der Waals surface area (Å²) in [5.74, 6) is 0. The quantitative estimate of drug-likeness (QED) is 0.453. The third-order valence-electron chi connectivity index (χ3n) is 5.65. The second kappa shape index (κ2) is 11.9. The number of rotatable bonds is 0. The second-order valence-electron chi connectivity index (χ2n) is 7.43. The van der Waals surface area contributed by atoms with Gasteiger partial charge >= 0.3 is 33.3 Å². The fourth-order valence-electron chi connectivity index (χ4n) is 4.40. The standard InChI is InChI=1S/C19H31N5.2ClH.Fe/c1-3-14-13-15-4-2-6-17-19(15)24-18(14)16(5-1)22-11-9-20-7-8-21-10-12-23-17;;;/h13,16-17,20-23H,1-12H2;2*1H;/q;;;+2/p-2. The van der Waals surface area contributed by atoms with E-state index in [2.05, 4.69) is 27.3 Å². The molecule has 3 aliphatic rings. The second-order valence-corrected chi connectivity index (χ2v) is 9.25. The van der Waals surface area contributed by atoms with Crippen LogP contribution in [0.25, 0.3) is 0 Å². The van der Waals surface area contributed by atoms with Crippen LogP contribution in [0.4, 0.5) is 0 Å². The van der Waals surface area contributed by atoms with Crippen molar-refractivity contribution >= 4 is 20.2 Å². The van der Waals surface area contributed by atoms with Gasteiger partial charge in [-0.1, -0.05) is 6.07 Å². The maximum absolute atomic E-state index is 5.22. The van der Waals surface area contributed by atoms with Crippen molar-refractivity contribution in [2.75, 3.05) is 39.3 Å². The molecule has 8 heteroatoms. The maximum Gasteiger partial charge on any atom is 0.0609 e. The molecule has 2 atom stereocenters. The van der Waals surface area contributed by atoms with E-state index in [4.69, 9.17) is 25.2 Å². The number of nitrogens with one attached hydrogen (secondary N) is 4. The van der Waals surface area contributed by atoms with Crippen molar-refractivity contribution in [3.8, 4) is 0 Å². The van der Waals surface area contributed by atoms with Gasteiger partial charge in [0.2, 0.25) is 0 Å². The largest absolute Gasteiger partial charge is 0.314 e. The van der Waals surface area contributed by atoms with Crippen LogP contribution in [0, 0.1) is 0 Å². The summed E-state index contributed by atoms with van der Waals surface area (Å²) in [6.07, 6.45) is 7.41. The number of nitrogens with zero attached hydrogens (tertiary/aromatic N) is 1. The van der Waals surface area contributed by atoms with E-state index in [9.17, 15) is 0 Å². The van der Waals surface area contributed by atoms with Crippen LogP contribution in [-0.2, 0) is 26.0 Å². The van der Waals surface area contributed by atoms with Crippen molar-refractivity contribution in [3.63, 3.8) is 0 Å². The maximum atomic E-state index is 5.22. The van der Waals surface area contributed by atoms with Crippen molar-refractivity contribution in [1.29, 1.82) is 0 Å². The Morgan fingerprint density at radius 3 is 1.70 bits per heavy atom. The third kappa shape index (κ3) is 6.28. The minimum Gasteiger partial charge on any atom is -0.314 e. The molecule has 2 unspecified atom stereocenters. The Balaban J connectivity index is 0.000000659. The van der Waals surface area contributed by atoms with E-state index in [1.54, 1.807) is 0 Å². The smallest absolute Gasteiger partial charge is 0.0609 e. The van der Waals surface area contributed by atoms with Gasteiger partial charge in [-0.05, 0) is 49.7 Å². The van der Waals surface area contributed by atoms with E-state index >= 15 is 0 Å². The predicted octanol–water partition coefficient (Wildman–Crippen LogP) is 2.58. The van der Waals surface area contributed by atoms with Crippen molar-refractivity contribution in [2.45, 2.75) is 50.6 Å². The fraction of sp³-hybridized carbons (Fsp3) is 0.737. The number of aryl methyl sites for hydroxylation is 2. The van der Waals surface area contributed by atoms with Crippen LogP contribution in [-0.4, -0.2) is 44.3 Å². The minimum atomic E-state index is 0.194. The molecule has 4 rings (SSSR count). The molecule has 0 aromatic carbocycles. The van der Waals surface area contributed by atoms with Gasteiger partial charge in [-0.25, -0.2) is 0 Å². The van der Waals surface area contributed by atoms with Crippen molar-refractivity contribution in [2.24, 2.45) is 0 Å². The van der Waals surface area contributed by atoms with Gasteiger partial charge in [0, 0.05) is 51.4 Å². The van der Waals surface area contributed by atoms with Gasteiger partial charge < -0.3 is 21.3 Å². The van der Waals surface area contributed by atoms with Crippen LogP contribution < -0.4 is 21.3 Å². The van der Waals surface area contributed by atoms with Gasteiger partial charge in [-0.2, -0.15) is 0 Å². The van der Waals surface area contributed by atoms with Crippen molar-refractivity contribution < 1.29 is 13.1 Å². The van der Waals surface area contributed by atoms with Crippen LogP contribution in [0.3, 0.4) is 0 Å². The van der Waals surface area contributed by atoms with Gasteiger partial charge in [-0.3, -0.25) is 4.98 Å². The fourth-order valence-corrected chi connectivity index (χ4v) is 4.40. The molecule has 1 aromatic rings. The van der Waals surface area contributed by atoms with E-state index in [0.29, 0.717) is 12.1 Å².